The number of halogens is 1. The van der Waals surface area contributed by atoms with Crippen LogP contribution in [-0.4, -0.2) is 29.9 Å². The SMILES string of the molecule is O=C(Nc1ccc(N2CCCN(Cc3ccc(F)cc3)C2=O)cc1)C1CCCC1. The van der Waals surface area contributed by atoms with Gasteiger partial charge in [0.05, 0.1) is 0 Å². The minimum atomic E-state index is -0.277. The summed E-state index contributed by atoms with van der Waals surface area (Å²) in [6.07, 6.45) is 5.06. The van der Waals surface area contributed by atoms with Crippen molar-refractivity contribution in [1.29, 1.82) is 0 Å². The molecule has 1 saturated heterocycles. The molecular formula is C23H26FN3O2. The molecule has 1 saturated carbocycles. The van der Waals surface area contributed by atoms with Crippen LogP contribution < -0.4 is 10.2 Å². The van der Waals surface area contributed by atoms with Crippen molar-refractivity contribution in [3.63, 3.8) is 0 Å². The number of benzene rings is 2. The molecule has 2 aliphatic rings. The summed E-state index contributed by atoms with van der Waals surface area (Å²) in [5, 5.41) is 2.99. The van der Waals surface area contributed by atoms with Crippen molar-refractivity contribution >= 4 is 23.3 Å². The van der Waals surface area contributed by atoms with Gasteiger partial charge in [0, 0.05) is 36.9 Å². The highest BCUT2D eigenvalue weighted by molar-refractivity contribution is 5.95. The molecule has 3 amide bonds. The van der Waals surface area contributed by atoms with E-state index in [1.165, 1.54) is 12.1 Å². The fourth-order valence-corrected chi connectivity index (χ4v) is 4.14. The molecule has 0 atom stereocenters. The lowest BCUT2D eigenvalue weighted by molar-refractivity contribution is -0.119. The standard InChI is InChI=1S/C23H26FN3O2/c24-19-8-6-17(7-9-19)16-26-14-3-15-27(23(26)29)21-12-10-20(11-13-21)25-22(28)18-4-1-2-5-18/h6-13,18H,1-5,14-16H2,(H,25,28). The van der Waals surface area contributed by atoms with Crippen molar-refractivity contribution in [2.45, 2.75) is 38.6 Å². The highest BCUT2D eigenvalue weighted by atomic mass is 19.1. The molecule has 29 heavy (non-hydrogen) atoms. The van der Waals surface area contributed by atoms with E-state index < -0.39 is 0 Å². The maximum absolute atomic E-state index is 13.1. The predicted molar refractivity (Wildman–Crippen MR) is 111 cm³/mol. The first-order valence-corrected chi connectivity index (χ1v) is 10.3. The van der Waals surface area contributed by atoms with Crippen LogP contribution in [0.2, 0.25) is 0 Å². The first-order chi connectivity index (χ1) is 14.1. The van der Waals surface area contributed by atoms with Crippen LogP contribution in [0.15, 0.2) is 48.5 Å². The van der Waals surface area contributed by atoms with Crippen LogP contribution in [0.4, 0.5) is 20.6 Å². The summed E-state index contributed by atoms with van der Waals surface area (Å²) in [4.78, 5) is 28.8. The zero-order valence-corrected chi connectivity index (χ0v) is 16.4. The van der Waals surface area contributed by atoms with Crippen LogP contribution in [0.3, 0.4) is 0 Å². The predicted octanol–water partition coefficient (Wildman–Crippen LogP) is 4.79. The van der Waals surface area contributed by atoms with Crippen molar-refractivity contribution in [1.82, 2.24) is 4.90 Å². The Morgan fingerprint density at radius 1 is 0.966 bits per heavy atom. The van der Waals surface area contributed by atoms with Gasteiger partial charge in [-0.15, -0.1) is 0 Å². The molecular weight excluding hydrogens is 369 g/mol. The zero-order chi connectivity index (χ0) is 20.2. The number of hydrogen-bond donors (Lipinski definition) is 1. The molecule has 2 fully saturated rings. The number of carbonyl (C=O) groups excluding carboxylic acids is 2. The number of rotatable bonds is 5. The van der Waals surface area contributed by atoms with E-state index in [1.54, 1.807) is 21.9 Å². The number of hydrogen-bond acceptors (Lipinski definition) is 2. The van der Waals surface area contributed by atoms with Gasteiger partial charge < -0.3 is 10.2 Å². The molecule has 0 spiro atoms. The van der Waals surface area contributed by atoms with E-state index in [0.29, 0.717) is 19.6 Å². The Balaban J connectivity index is 1.39. The van der Waals surface area contributed by atoms with Crippen molar-refractivity contribution in [2.24, 2.45) is 5.92 Å². The number of nitrogens with one attached hydrogen (secondary N) is 1. The lowest BCUT2D eigenvalue weighted by Crippen LogP contribution is -2.49. The molecule has 0 radical (unpaired) electrons. The second kappa shape index (κ2) is 8.64. The second-order valence-corrected chi connectivity index (χ2v) is 7.85. The van der Waals surface area contributed by atoms with Crippen LogP contribution in [0.1, 0.15) is 37.7 Å². The normalized spacial score (nSPS) is 17.6. The average Bonchev–Trinajstić information content (AvgIpc) is 3.27. The Morgan fingerprint density at radius 3 is 2.34 bits per heavy atom. The summed E-state index contributed by atoms with van der Waals surface area (Å²) in [7, 11) is 0. The van der Waals surface area contributed by atoms with E-state index >= 15 is 0 Å². The second-order valence-electron chi connectivity index (χ2n) is 7.85. The van der Waals surface area contributed by atoms with E-state index in [4.69, 9.17) is 0 Å². The summed E-state index contributed by atoms with van der Waals surface area (Å²) >= 11 is 0. The average molecular weight is 395 g/mol. The number of amides is 3. The van der Waals surface area contributed by atoms with Gasteiger partial charge >= 0.3 is 6.03 Å². The molecule has 5 nitrogen and oxygen atoms in total. The van der Waals surface area contributed by atoms with E-state index in [-0.39, 0.29) is 23.7 Å². The van der Waals surface area contributed by atoms with Crippen molar-refractivity contribution in [2.75, 3.05) is 23.3 Å². The quantitative estimate of drug-likeness (QED) is 0.792. The number of nitrogens with zero attached hydrogens (tertiary/aromatic N) is 2. The van der Waals surface area contributed by atoms with E-state index in [0.717, 1.165) is 49.0 Å². The van der Waals surface area contributed by atoms with Crippen LogP contribution >= 0.6 is 0 Å². The highest BCUT2D eigenvalue weighted by Gasteiger charge is 2.27. The van der Waals surface area contributed by atoms with E-state index in [9.17, 15) is 14.0 Å². The minimum Gasteiger partial charge on any atom is -0.326 e. The van der Waals surface area contributed by atoms with Gasteiger partial charge in [-0.3, -0.25) is 9.69 Å². The van der Waals surface area contributed by atoms with Gasteiger partial charge in [0.2, 0.25) is 5.91 Å². The smallest absolute Gasteiger partial charge is 0.324 e. The number of carbonyl (C=O) groups is 2. The van der Waals surface area contributed by atoms with Crippen LogP contribution in [0, 0.1) is 11.7 Å². The highest BCUT2D eigenvalue weighted by Crippen LogP contribution is 2.27. The Kier molecular flexibility index (Phi) is 5.79. The maximum Gasteiger partial charge on any atom is 0.324 e. The third-order valence-electron chi connectivity index (χ3n) is 5.77. The largest absolute Gasteiger partial charge is 0.326 e. The summed E-state index contributed by atoms with van der Waals surface area (Å²) in [5.41, 5.74) is 2.49. The molecule has 0 aromatic heterocycles. The first kappa shape index (κ1) is 19.4. The summed E-state index contributed by atoms with van der Waals surface area (Å²) in [5.74, 6) is -0.0615. The van der Waals surface area contributed by atoms with Gasteiger partial charge in [-0.25, -0.2) is 9.18 Å². The van der Waals surface area contributed by atoms with Gasteiger partial charge in [-0.1, -0.05) is 25.0 Å². The van der Waals surface area contributed by atoms with Crippen LogP contribution in [0.5, 0.6) is 0 Å². The fraction of sp³-hybridized carbons (Fsp3) is 0.391. The molecule has 152 valence electrons. The van der Waals surface area contributed by atoms with Crippen molar-refractivity contribution in [3.05, 3.63) is 59.9 Å². The molecule has 2 aromatic rings. The Labute approximate surface area is 170 Å². The zero-order valence-electron chi connectivity index (χ0n) is 16.4. The molecule has 1 heterocycles. The van der Waals surface area contributed by atoms with Gasteiger partial charge in [0.25, 0.3) is 0 Å². The lowest BCUT2D eigenvalue weighted by atomic mass is 10.1. The van der Waals surface area contributed by atoms with Gasteiger partial charge in [-0.2, -0.15) is 0 Å². The molecule has 0 unspecified atom stereocenters. The molecule has 2 aromatic carbocycles. The maximum atomic E-state index is 13.1. The van der Waals surface area contributed by atoms with Crippen LogP contribution in [0.25, 0.3) is 0 Å². The van der Waals surface area contributed by atoms with E-state index in [1.807, 2.05) is 24.3 Å². The minimum absolute atomic E-state index is 0.0525. The monoisotopic (exact) mass is 395 g/mol. The molecule has 6 heteroatoms. The molecule has 4 rings (SSSR count). The van der Waals surface area contributed by atoms with E-state index in [2.05, 4.69) is 5.32 Å². The summed E-state index contributed by atoms with van der Waals surface area (Å²) in [6, 6.07) is 13.7. The first-order valence-electron chi connectivity index (χ1n) is 10.3. The molecule has 0 bridgehead atoms. The topological polar surface area (TPSA) is 52.7 Å². The number of urea groups is 1. The van der Waals surface area contributed by atoms with Gasteiger partial charge in [0.15, 0.2) is 0 Å². The molecule has 1 aliphatic heterocycles. The van der Waals surface area contributed by atoms with Gasteiger partial charge in [0.1, 0.15) is 5.82 Å². The Bertz CT molecular complexity index is 861. The Hall–Kier alpha value is -2.89. The lowest BCUT2D eigenvalue weighted by Gasteiger charge is -2.35. The van der Waals surface area contributed by atoms with Crippen molar-refractivity contribution in [3.8, 4) is 0 Å². The van der Waals surface area contributed by atoms with Crippen LogP contribution in [-0.2, 0) is 11.3 Å². The fourth-order valence-electron chi connectivity index (χ4n) is 4.14. The Morgan fingerprint density at radius 2 is 1.66 bits per heavy atom. The summed E-state index contributed by atoms with van der Waals surface area (Å²) < 4.78 is 13.1. The molecule has 1 N–H and O–H groups in total. The van der Waals surface area contributed by atoms with Gasteiger partial charge in [-0.05, 0) is 61.2 Å². The molecule has 1 aliphatic carbocycles. The third kappa shape index (κ3) is 4.58. The van der Waals surface area contributed by atoms with Crippen molar-refractivity contribution < 1.29 is 14.0 Å². The number of anilines is 2. The summed E-state index contributed by atoms with van der Waals surface area (Å²) in [6.45, 7) is 1.81. The third-order valence-corrected chi connectivity index (χ3v) is 5.77.